The summed E-state index contributed by atoms with van der Waals surface area (Å²) in [5.74, 6) is -0.613. The molecule has 9 heteroatoms. The first-order valence-electron chi connectivity index (χ1n) is 12.7. The Bertz CT molecular complexity index is 1450. The van der Waals surface area contributed by atoms with E-state index in [1.54, 1.807) is 25.1 Å². The molecule has 1 saturated heterocycles. The van der Waals surface area contributed by atoms with E-state index in [1.807, 2.05) is 4.57 Å². The molecule has 2 aromatic carbocycles. The second kappa shape index (κ2) is 10.0. The van der Waals surface area contributed by atoms with E-state index >= 15 is 4.39 Å². The fraction of sp³-hybridized carbons (Fsp3) is 0.448. The summed E-state index contributed by atoms with van der Waals surface area (Å²) >= 11 is 0. The molecule has 202 valence electrons. The summed E-state index contributed by atoms with van der Waals surface area (Å²) in [5.41, 5.74) is 1.06. The van der Waals surface area contributed by atoms with Gasteiger partial charge in [-0.25, -0.2) is 9.18 Å². The highest BCUT2D eigenvalue weighted by Gasteiger charge is 2.32. The Hall–Kier alpha value is -3.43. The lowest BCUT2D eigenvalue weighted by Crippen LogP contribution is -2.33. The average molecular weight is 526 g/mol. The summed E-state index contributed by atoms with van der Waals surface area (Å²) in [6.07, 6.45) is 2.67. The number of fused-ring (bicyclic) bond motifs is 1. The van der Waals surface area contributed by atoms with Gasteiger partial charge in [0.25, 0.3) is 0 Å². The minimum Gasteiger partial charge on any atom is -0.493 e. The highest BCUT2D eigenvalue weighted by atomic mass is 19.1. The van der Waals surface area contributed by atoms with Gasteiger partial charge in [-0.1, -0.05) is 13.8 Å². The number of carbonyl (C=O) groups is 1. The van der Waals surface area contributed by atoms with E-state index in [-0.39, 0.29) is 34.6 Å². The number of methoxy groups -OCH3 is 2. The summed E-state index contributed by atoms with van der Waals surface area (Å²) in [4.78, 5) is 25.7. The fourth-order valence-corrected chi connectivity index (χ4v) is 4.79. The number of carbonyl (C=O) groups excluding carboxylic acids is 1. The van der Waals surface area contributed by atoms with Crippen LogP contribution in [0.25, 0.3) is 22.0 Å². The maximum Gasteiger partial charge on any atom is 0.343 e. The van der Waals surface area contributed by atoms with Gasteiger partial charge in [-0.2, -0.15) is 0 Å². The minimum atomic E-state index is -0.715. The molecule has 8 nitrogen and oxygen atoms in total. The van der Waals surface area contributed by atoms with Gasteiger partial charge in [-0.15, -0.1) is 0 Å². The van der Waals surface area contributed by atoms with Crippen LogP contribution in [-0.2, 0) is 14.2 Å². The van der Waals surface area contributed by atoms with Gasteiger partial charge in [-0.3, -0.25) is 4.79 Å². The van der Waals surface area contributed by atoms with Gasteiger partial charge in [0, 0.05) is 39.7 Å². The fourth-order valence-electron chi connectivity index (χ4n) is 4.79. The van der Waals surface area contributed by atoms with Crippen LogP contribution in [0.3, 0.4) is 0 Å². The molecule has 0 bridgehead atoms. The van der Waals surface area contributed by atoms with Crippen molar-refractivity contribution < 1.29 is 32.9 Å². The number of esters is 1. The molecule has 0 unspecified atom stereocenters. The Morgan fingerprint density at radius 2 is 1.79 bits per heavy atom. The summed E-state index contributed by atoms with van der Waals surface area (Å²) < 4.78 is 46.0. The normalized spacial score (nSPS) is 17.4. The zero-order valence-corrected chi connectivity index (χ0v) is 22.3. The quantitative estimate of drug-likeness (QED) is 0.382. The van der Waals surface area contributed by atoms with Gasteiger partial charge in [-0.05, 0) is 44.0 Å². The molecule has 1 aliphatic heterocycles. The average Bonchev–Trinajstić information content (AvgIpc) is 3.73. The Balaban J connectivity index is 1.69. The van der Waals surface area contributed by atoms with Crippen molar-refractivity contribution in [3.63, 3.8) is 0 Å². The third kappa shape index (κ3) is 4.76. The number of nitrogens with zero attached hydrogens (tertiary/aromatic N) is 1. The number of rotatable bonds is 7. The van der Waals surface area contributed by atoms with Crippen molar-refractivity contribution in [2.24, 2.45) is 5.41 Å². The highest BCUT2D eigenvalue weighted by Crippen LogP contribution is 2.45. The van der Waals surface area contributed by atoms with Crippen LogP contribution < -0.4 is 14.9 Å². The molecule has 1 saturated carbocycles. The number of halogens is 1. The van der Waals surface area contributed by atoms with Crippen molar-refractivity contribution in [1.82, 2.24) is 4.57 Å². The molecular weight excluding hydrogens is 493 g/mol. The van der Waals surface area contributed by atoms with Gasteiger partial charge in [0.1, 0.15) is 11.4 Å². The molecule has 2 aliphatic rings. The van der Waals surface area contributed by atoms with Crippen molar-refractivity contribution in [2.75, 3.05) is 34.0 Å². The van der Waals surface area contributed by atoms with Crippen LogP contribution in [-0.4, -0.2) is 44.6 Å². The van der Waals surface area contributed by atoms with Crippen molar-refractivity contribution in [3.8, 4) is 22.6 Å². The lowest BCUT2D eigenvalue weighted by molar-refractivity contribution is -0.226. The van der Waals surface area contributed by atoms with Crippen molar-refractivity contribution in [2.45, 2.75) is 45.9 Å². The molecule has 3 aromatic rings. The molecule has 0 atom stereocenters. The van der Waals surface area contributed by atoms with E-state index in [0.717, 1.165) is 12.8 Å². The van der Waals surface area contributed by atoms with Crippen LogP contribution in [0.5, 0.6) is 11.5 Å². The molecule has 0 radical (unpaired) electrons. The van der Waals surface area contributed by atoms with E-state index < -0.39 is 23.5 Å². The number of pyridine rings is 1. The van der Waals surface area contributed by atoms with Crippen molar-refractivity contribution >= 4 is 16.9 Å². The molecule has 2 heterocycles. The Morgan fingerprint density at radius 1 is 1.08 bits per heavy atom. The number of hydrogen-bond donors (Lipinski definition) is 0. The van der Waals surface area contributed by atoms with Crippen LogP contribution in [0.2, 0.25) is 0 Å². The zero-order chi connectivity index (χ0) is 27.2. The number of benzene rings is 2. The molecule has 5 rings (SSSR count). The maximum absolute atomic E-state index is 15.8. The predicted molar refractivity (Wildman–Crippen MR) is 139 cm³/mol. The van der Waals surface area contributed by atoms with Crippen LogP contribution in [0.4, 0.5) is 4.39 Å². The Morgan fingerprint density at radius 3 is 2.39 bits per heavy atom. The van der Waals surface area contributed by atoms with E-state index in [2.05, 4.69) is 13.8 Å². The lowest BCUT2D eigenvalue weighted by atomic mass is 9.94. The smallest absolute Gasteiger partial charge is 0.343 e. The van der Waals surface area contributed by atoms with Gasteiger partial charge in [0.05, 0.1) is 39.6 Å². The molecule has 0 N–H and O–H groups in total. The standard InChI is InChI=1S/C29H32FNO7/c1-6-36-27(33)21-13-31(17-7-8-17)23-12-18(22(30)11-20(23)25(21)32)19-9-16(10-24(34-4)26(19)35-5)28-37-14-29(2,3)15-38-28/h9-13,17,28H,6-8,14-15H2,1-5H3. The maximum atomic E-state index is 15.8. The molecule has 1 aliphatic carbocycles. The Labute approximate surface area is 220 Å². The van der Waals surface area contributed by atoms with Crippen LogP contribution in [0.15, 0.2) is 35.3 Å². The molecule has 0 amide bonds. The van der Waals surface area contributed by atoms with Gasteiger partial charge >= 0.3 is 5.97 Å². The minimum absolute atomic E-state index is 0.103. The van der Waals surface area contributed by atoms with E-state index in [0.29, 0.717) is 41.4 Å². The van der Waals surface area contributed by atoms with Gasteiger partial charge < -0.3 is 28.3 Å². The van der Waals surface area contributed by atoms with Crippen LogP contribution >= 0.6 is 0 Å². The SMILES string of the molecule is CCOC(=O)c1cn(C2CC2)c2cc(-c3cc(C4OCC(C)(C)CO4)cc(OC)c3OC)c(F)cc2c1=O. The zero-order valence-electron chi connectivity index (χ0n) is 22.3. The topological polar surface area (TPSA) is 85.2 Å². The second-order valence-corrected chi connectivity index (χ2v) is 10.5. The summed E-state index contributed by atoms with van der Waals surface area (Å²) in [5, 5.41) is 0.118. The van der Waals surface area contributed by atoms with E-state index in [9.17, 15) is 9.59 Å². The first kappa shape index (κ1) is 26.2. The van der Waals surface area contributed by atoms with Crippen LogP contribution in [0.1, 0.15) is 61.9 Å². The molecular formula is C29H32FNO7. The number of aromatic nitrogens is 1. The summed E-state index contributed by atoms with van der Waals surface area (Å²) in [6, 6.07) is 6.45. The van der Waals surface area contributed by atoms with Gasteiger partial charge in [0.15, 0.2) is 17.8 Å². The first-order chi connectivity index (χ1) is 18.2. The van der Waals surface area contributed by atoms with Crippen LogP contribution in [0, 0.1) is 11.2 Å². The van der Waals surface area contributed by atoms with Crippen molar-refractivity contribution in [3.05, 3.63) is 57.6 Å². The third-order valence-corrected chi connectivity index (χ3v) is 6.87. The monoisotopic (exact) mass is 525 g/mol. The summed E-state index contributed by atoms with van der Waals surface area (Å²) in [6.45, 7) is 6.92. The number of hydrogen-bond acceptors (Lipinski definition) is 7. The van der Waals surface area contributed by atoms with Gasteiger partial charge in [0.2, 0.25) is 5.43 Å². The van der Waals surface area contributed by atoms with E-state index in [4.69, 9.17) is 23.7 Å². The summed E-state index contributed by atoms with van der Waals surface area (Å²) in [7, 11) is 3.00. The first-order valence-corrected chi connectivity index (χ1v) is 12.7. The molecule has 1 aromatic heterocycles. The third-order valence-electron chi connectivity index (χ3n) is 6.87. The number of ether oxygens (including phenoxy) is 5. The Kier molecular flexibility index (Phi) is 6.92. The largest absolute Gasteiger partial charge is 0.493 e. The molecule has 0 spiro atoms. The molecule has 38 heavy (non-hydrogen) atoms. The van der Waals surface area contributed by atoms with Crippen molar-refractivity contribution in [1.29, 1.82) is 0 Å². The highest BCUT2D eigenvalue weighted by molar-refractivity contribution is 5.95. The second-order valence-electron chi connectivity index (χ2n) is 10.5. The predicted octanol–water partition coefficient (Wildman–Crippen LogP) is 5.41. The van der Waals surface area contributed by atoms with E-state index in [1.165, 1.54) is 26.5 Å². The molecule has 2 fully saturated rings. The lowest BCUT2D eigenvalue weighted by Gasteiger charge is -2.35.